The van der Waals surface area contributed by atoms with Crippen LogP contribution in [-0.4, -0.2) is 36.3 Å². The van der Waals surface area contributed by atoms with E-state index in [9.17, 15) is 14.0 Å². The first kappa shape index (κ1) is 21.3. The normalized spacial score (nSPS) is 15.2. The van der Waals surface area contributed by atoms with E-state index < -0.39 is 5.82 Å². The first-order chi connectivity index (χ1) is 13.8. The number of nitrogens with one attached hydrogen (secondary N) is 2. The number of nitrogens with zero attached hydrogens (tertiary/aromatic N) is 1. The summed E-state index contributed by atoms with van der Waals surface area (Å²) in [5, 5.41) is 5.70. The van der Waals surface area contributed by atoms with Gasteiger partial charge in [-0.1, -0.05) is 17.7 Å². The molecule has 0 radical (unpaired) electrons. The van der Waals surface area contributed by atoms with E-state index in [1.807, 2.05) is 32.0 Å². The molecule has 154 valence electrons. The Morgan fingerprint density at radius 1 is 1.03 bits per heavy atom. The van der Waals surface area contributed by atoms with Crippen LogP contribution in [0.5, 0.6) is 0 Å². The number of hydrogen-bond acceptors (Lipinski definition) is 3. The van der Waals surface area contributed by atoms with Gasteiger partial charge in [0.05, 0.1) is 11.6 Å². The van der Waals surface area contributed by atoms with E-state index in [0.717, 1.165) is 11.3 Å². The van der Waals surface area contributed by atoms with E-state index in [1.165, 1.54) is 23.8 Å². The molecule has 2 N–H and O–H groups in total. The van der Waals surface area contributed by atoms with Gasteiger partial charge < -0.3 is 10.6 Å². The number of likely N-dealkylation sites (tertiary alicyclic amines) is 1. The molecule has 0 aliphatic carbocycles. The number of aryl methyl sites for hydroxylation is 2. The predicted molar refractivity (Wildman–Crippen MR) is 114 cm³/mol. The molecule has 0 atom stereocenters. The Hall–Kier alpha value is -2.44. The largest absolute Gasteiger partial charge is 0.326 e. The third-order valence-corrected chi connectivity index (χ3v) is 5.59. The van der Waals surface area contributed by atoms with Crippen LogP contribution in [0.25, 0.3) is 0 Å². The maximum atomic E-state index is 13.2. The fourth-order valence-electron chi connectivity index (χ4n) is 3.39. The van der Waals surface area contributed by atoms with Gasteiger partial charge in [0.25, 0.3) is 0 Å². The van der Waals surface area contributed by atoms with Crippen molar-refractivity contribution in [1.29, 1.82) is 0 Å². The van der Waals surface area contributed by atoms with Gasteiger partial charge in [-0.15, -0.1) is 0 Å². The minimum atomic E-state index is -0.517. The molecule has 0 saturated carbocycles. The number of halogens is 2. The van der Waals surface area contributed by atoms with E-state index in [4.69, 9.17) is 11.6 Å². The molecule has 1 fully saturated rings. The number of hydrogen-bond donors (Lipinski definition) is 2. The molecule has 1 aliphatic rings. The topological polar surface area (TPSA) is 61.4 Å². The third kappa shape index (κ3) is 5.78. The molecule has 0 aromatic heterocycles. The van der Waals surface area contributed by atoms with Gasteiger partial charge in [0.15, 0.2) is 0 Å². The van der Waals surface area contributed by atoms with Crippen LogP contribution in [0.1, 0.15) is 24.0 Å². The van der Waals surface area contributed by atoms with E-state index in [1.54, 1.807) is 0 Å². The Morgan fingerprint density at radius 2 is 1.69 bits per heavy atom. The second kappa shape index (κ2) is 9.37. The monoisotopic (exact) mass is 417 g/mol. The van der Waals surface area contributed by atoms with Crippen molar-refractivity contribution in [2.24, 2.45) is 5.92 Å². The zero-order valence-corrected chi connectivity index (χ0v) is 17.4. The van der Waals surface area contributed by atoms with Gasteiger partial charge in [-0.3, -0.25) is 14.5 Å². The highest BCUT2D eigenvalue weighted by Gasteiger charge is 2.26. The van der Waals surface area contributed by atoms with Crippen molar-refractivity contribution >= 4 is 34.8 Å². The lowest BCUT2D eigenvalue weighted by molar-refractivity contribution is -0.121. The van der Waals surface area contributed by atoms with E-state index in [0.29, 0.717) is 38.2 Å². The van der Waals surface area contributed by atoms with Gasteiger partial charge in [-0.2, -0.15) is 0 Å². The second-order valence-electron chi connectivity index (χ2n) is 7.52. The molecule has 5 nitrogen and oxygen atoms in total. The van der Waals surface area contributed by atoms with Crippen molar-refractivity contribution in [3.05, 3.63) is 58.4 Å². The summed E-state index contributed by atoms with van der Waals surface area (Å²) in [7, 11) is 0. The molecule has 1 aliphatic heterocycles. The van der Waals surface area contributed by atoms with E-state index >= 15 is 0 Å². The van der Waals surface area contributed by atoms with Crippen molar-refractivity contribution in [3.8, 4) is 0 Å². The molecule has 0 bridgehead atoms. The van der Waals surface area contributed by atoms with Crippen molar-refractivity contribution < 1.29 is 14.0 Å². The Morgan fingerprint density at radius 3 is 2.34 bits per heavy atom. The molecule has 2 aromatic rings. The Balaban J connectivity index is 1.45. The number of amides is 2. The first-order valence-electron chi connectivity index (χ1n) is 9.67. The highest BCUT2D eigenvalue weighted by molar-refractivity contribution is 6.31. The molecule has 2 aromatic carbocycles. The summed E-state index contributed by atoms with van der Waals surface area (Å²) in [6, 6.07) is 9.98. The maximum absolute atomic E-state index is 13.2. The van der Waals surface area contributed by atoms with E-state index in [-0.39, 0.29) is 22.8 Å². The molecule has 3 rings (SSSR count). The standard InChI is InChI=1S/C22H25ClFN3O2/c1-14-3-4-17(11-15(14)2)25-21(28)13-27-9-7-16(8-10-27)22(29)26-18-5-6-20(24)19(23)12-18/h3-6,11-12,16H,7-10,13H2,1-2H3,(H,25,28)(H,26,29). The van der Waals surface area contributed by atoms with Gasteiger partial charge >= 0.3 is 0 Å². The fraction of sp³-hybridized carbons (Fsp3) is 0.364. The van der Waals surface area contributed by atoms with Gasteiger partial charge in [0.2, 0.25) is 11.8 Å². The molecule has 0 unspecified atom stereocenters. The zero-order valence-electron chi connectivity index (χ0n) is 16.6. The zero-order chi connectivity index (χ0) is 21.0. The minimum absolute atomic E-state index is 0.0209. The maximum Gasteiger partial charge on any atom is 0.238 e. The quantitative estimate of drug-likeness (QED) is 0.758. The predicted octanol–water partition coefficient (Wildman–Crippen LogP) is 4.39. The average Bonchev–Trinajstić information content (AvgIpc) is 2.68. The summed E-state index contributed by atoms with van der Waals surface area (Å²) < 4.78 is 13.2. The third-order valence-electron chi connectivity index (χ3n) is 5.30. The van der Waals surface area contributed by atoms with E-state index in [2.05, 4.69) is 15.5 Å². The number of piperidine rings is 1. The molecule has 29 heavy (non-hydrogen) atoms. The highest BCUT2D eigenvalue weighted by atomic mass is 35.5. The van der Waals surface area contributed by atoms with Crippen molar-refractivity contribution in [3.63, 3.8) is 0 Å². The van der Waals surface area contributed by atoms with Crippen LogP contribution in [0.4, 0.5) is 15.8 Å². The van der Waals surface area contributed by atoms with Crippen LogP contribution >= 0.6 is 11.6 Å². The van der Waals surface area contributed by atoms with Crippen LogP contribution < -0.4 is 10.6 Å². The second-order valence-corrected chi connectivity index (χ2v) is 7.92. The first-order valence-corrected chi connectivity index (χ1v) is 10.0. The summed E-state index contributed by atoms with van der Waals surface area (Å²) in [6.45, 7) is 5.69. The molecule has 7 heteroatoms. The lowest BCUT2D eigenvalue weighted by Crippen LogP contribution is -2.41. The summed E-state index contributed by atoms with van der Waals surface area (Å²) in [5.41, 5.74) is 3.60. The smallest absolute Gasteiger partial charge is 0.238 e. The van der Waals surface area contributed by atoms with Crippen molar-refractivity contribution in [1.82, 2.24) is 4.90 Å². The number of benzene rings is 2. The summed E-state index contributed by atoms with van der Waals surface area (Å²) in [6.07, 6.45) is 1.33. The number of anilines is 2. The van der Waals surface area contributed by atoms with Gasteiger partial charge in [0.1, 0.15) is 5.82 Å². The number of carbonyl (C=O) groups is 2. The Bertz CT molecular complexity index is 911. The van der Waals surface area contributed by atoms with Gasteiger partial charge in [0, 0.05) is 17.3 Å². The summed E-state index contributed by atoms with van der Waals surface area (Å²) in [4.78, 5) is 26.8. The molecule has 2 amide bonds. The molecule has 1 heterocycles. The Kier molecular flexibility index (Phi) is 6.87. The Labute approximate surface area is 175 Å². The SMILES string of the molecule is Cc1ccc(NC(=O)CN2CCC(C(=O)Nc3ccc(F)c(Cl)c3)CC2)cc1C. The van der Waals surface area contributed by atoms with Crippen LogP contribution in [-0.2, 0) is 9.59 Å². The van der Waals surface area contributed by atoms with Crippen molar-refractivity contribution in [2.75, 3.05) is 30.3 Å². The van der Waals surface area contributed by atoms with Crippen LogP contribution in [0, 0.1) is 25.6 Å². The van der Waals surface area contributed by atoms with Crippen LogP contribution in [0.15, 0.2) is 36.4 Å². The average molecular weight is 418 g/mol. The number of carbonyl (C=O) groups excluding carboxylic acids is 2. The molecular formula is C22H25ClFN3O2. The minimum Gasteiger partial charge on any atom is -0.326 e. The van der Waals surface area contributed by atoms with Crippen LogP contribution in [0.3, 0.4) is 0 Å². The number of rotatable bonds is 5. The van der Waals surface area contributed by atoms with Crippen molar-refractivity contribution in [2.45, 2.75) is 26.7 Å². The summed E-state index contributed by atoms with van der Waals surface area (Å²) >= 11 is 5.75. The highest BCUT2D eigenvalue weighted by Crippen LogP contribution is 2.23. The molecule has 0 spiro atoms. The van der Waals surface area contributed by atoms with Gasteiger partial charge in [-0.05, 0) is 81.2 Å². The fourth-order valence-corrected chi connectivity index (χ4v) is 3.57. The van der Waals surface area contributed by atoms with Gasteiger partial charge in [-0.25, -0.2) is 4.39 Å². The summed E-state index contributed by atoms with van der Waals surface area (Å²) in [5.74, 6) is -0.820. The molecule has 1 saturated heterocycles. The molecular weight excluding hydrogens is 393 g/mol. The van der Waals surface area contributed by atoms with Crippen LogP contribution in [0.2, 0.25) is 5.02 Å². The lowest BCUT2D eigenvalue weighted by atomic mass is 9.96. The lowest BCUT2D eigenvalue weighted by Gasteiger charge is -2.30.